The Kier molecular flexibility index (Phi) is 5.38. The van der Waals surface area contributed by atoms with Crippen LogP contribution in [0.5, 0.6) is 0 Å². The summed E-state index contributed by atoms with van der Waals surface area (Å²) in [6, 6.07) is 5.37. The third kappa shape index (κ3) is 3.30. The second-order valence-corrected chi connectivity index (χ2v) is 5.32. The minimum absolute atomic E-state index is 0.0100. The summed E-state index contributed by atoms with van der Waals surface area (Å²) in [7, 11) is 1.86. The first-order valence-electron chi connectivity index (χ1n) is 7.49. The van der Waals surface area contributed by atoms with E-state index < -0.39 is 0 Å². The van der Waals surface area contributed by atoms with Crippen molar-refractivity contribution in [1.29, 1.82) is 0 Å². The zero-order chi connectivity index (χ0) is 14.5. The highest BCUT2D eigenvalue weighted by atomic mass is 19.1. The number of rotatable bonds is 5. The molecule has 1 saturated heterocycles. The fraction of sp³-hybridized carbons (Fsp3) is 0.625. The summed E-state index contributed by atoms with van der Waals surface area (Å²) in [6.07, 6.45) is 2.38. The van der Waals surface area contributed by atoms with Crippen LogP contribution in [-0.4, -0.2) is 32.8 Å². The quantitative estimate of drug-likeness (QED) is 0.897. The largest absolute Gasteiger partial charge is 0.378 e. The molecule has 1 aromatic rings. The minimum Gasteiger partial charge on any atom is -0.378 e. The van der Waals surface area contributed by atoms with Crippen molar-refractivity contribution < 1.29 is 9.13 Å². The van der Waals surface area contributed by atoms with E-state index in [1.165, 1.54) is 0 Å². The molecule has 1 N–H and O–H groups in total. The van der Waals surface area contributed by atoms with E-state index in [1.54, 1.807) is 12.1 Å². The number of hydrogen-bond donors (Lipinski definition) is 1. The molecule has 0 bridgehead atoms. The van der Waals surface area contributed by atoms with E-state index >= 15 is 0 Å². The molecule has 3 nitrogen and oxygen atoms in total. The second-order valence-electron chi connectivity index (χ2n) is 5.32. The van der Waals surface area contributed by atoms with Gasteiger partial charge in [0, 0.05) is 37.0 Å². The van der Waals surface area contributed by atoms with E-state index in [2.05, 4.69) is 10.2 Å². The monoisotopic (exact) mass is 280 g/mol. The van der Waals surface area contributed by atoms with Crippen LogP contribution in [0.25, 0.3) is 0 Å². The molecule has 1 unspecified atom stereocenters. The molecule has 0 spiro atoms. The van der Waals surface area contributed by atoms with Gasteiger partial charge in [0.1, 0.15) is 5.82 Å². The third-order valence-corrected chi connectivity index (χ3v) is 4.08. The first-order chi connectivity index (χ1) is 9.67. The zero-order valence-electron chi connectivity index (χ0n) is 12.7. The minimum atomic E-state index is -0.128. The molecular formula is C16H25FN2O. The maximum Gasteiger partial charge on any atom is 0.130 e. The average Bonchev–Trinajstić information content (AvgIpc) is 2.47. The Morgan fingerprint density at radius 2 is 2.10 bits per heavy atom. The number of piperidine rings is 1. The molecule has 20 heavy (non-hydrogen) atoms. The summed E-state index contributed by atoms with van der Waals surface area (Å²) in [6.45, 7) is 6.66. The molecule has 1 aliphatic heterocycles. The molecule has 112 valence electrons. The van der Waals surface area contributed by atoms with E-state index in [9.17, 15) is 4.39 Å². The predicted octanol–water partition coefficient (Wildman–Crippen LogP) is 3.11. The van der Waals surface area contributed by atoms with E-state index in [4.69, 9.17) is 4.74 Å². The average molecular weight is 280 g/mol. The van der Waals surface area contributed by atoms with Gasteiger partial charge < -0.3 is 15.0 Å². The van der Waals surface area contributed by atoms with Gasteiger partial charge in [-0.25, -0.2) is 4.39 Å². The van der Waals surface area contributed by atoms with Crippen molar-refractivity contribution in [1.82, 2.24) is 5.32 Å². The maximum absolute atomic E-state index is 14.1. The van der Waals surface area contributed by atoms with Gasteiger partial charge >= 0.3 is 0 Å². The first kappa shape index (κ1) is 15.3. The predicted molar refractivity (Wildman–Crippen MR) is 80.7 cm³/mol. The molecule has 0 radical (unpaired) electrons. The van der Waals surface area contributed by atoms with Gasteiger partial charge in [-0.05, 0) is 45.9 Å². The molecule has 2 rings (SSSR count). The number of anilines is 1. The van der Waals surface area contributed by atoms with Gasteiger partial charge in [-0.3, -0.25) is 0 Å². The Morgan fingerprint density at radius 1 is 1.40 bits per heavy atom. The van der Waals surface area contributed by atoms with Crippen molar-refractivity contribution in [3.8, 4) is 0 Å². The van der Waals surface area contributed by atoms with Crippen molar-refractivity contribution in [2.45, 2.75) is 38.8 Å². The van der Waals surface area contributed by atoms with Crippen LogP contribution in [0.4, 0.5) is 10.1 Å². The molecule has 0 aromatic heterocycles. The van der Waals surface area contributed by atoms with Crippen LogP contribution >= 0.6 is 0 Å². The number of nitrogens with one attached hydrogen (secondary N) is 1. The summed E-state index contributed by atoms with van der Waals surface area (Å²) in [5.41, 5.74) is 1.78. The van der Waals surface area contributed by atoms with Crippen molar-refractivity contribution in [2.75, 3.05) is 31.6 Å². The van der Waals surface area contributed by atoms with Crippen LogP contribution < -0.4 is 10.2 Å². The summed E-state index contributed by atoms with van der Waals surface area (Å²) in [5, 5.41) is 3.14. The Hall–Kier alpha value is -1.13. The normalized spacial score (nSPS) is 18.3. The maximum atomic E-state index is 14.1. The van der Waals surface area contributed by atoms with Gasteiger partial charge in [0.15, 0.2) is 0 Å². The summed E-state index contributed by atoms with van der Waals surface area (Å²) in [5.74, 6) is -0.128. The molecule has 0 amide bonds. The Bertz CT molecular complexity index is 430. The van der Waals surface area contributed by atoms with Crippen LogP contribution in [0.1, 0.15) is 38.3 Å². The Balaban J connectivity index is 2.15. The van der Waals surface area contributed by atoms with E-state index in [1.807, 2.05) is 27.0 Å². The fourth-order valence-electron chi connectivity index (χ4n) is 2.87. The van der Waals surface area contributed by atoms with E-state index in [-0.39, 0.29) is 11.9 Å². The van der Waals surface area contributed by atoms with Crippen LogP contribution in [0.2, 0.25) is 0 Å². The summed E-state index contributed by atoms with van der Waals surface area (Å²) >= 11 is 0. The van der Waals surface area contributed by atoms with Gasteiger partial charge in [0.05, 0.1) is 6.10 Å². The number of benzene rings is 1. The van der Waals surface area contributed by atoms with Crippen LogP contribution in [-0.2, 0) is 4.74 Å². The van der Waals surface area contributed by atoms with Crippen molar-refractivity contribution in [2.24, 2.45) is 0 Å². The van der Waals surface area contributed by atoms with E-state index in [0.29, 0.717) is 6.10 Å². The van der Waals surface area contributed by atoms with Gasteiger partial charge in [-0.2, -0.15) is 0 Å². The number of nitrogens with zero attached hydrogens (tertiary/aromatic N) is 1. The molecule has 0 aliphatic carbocycles. The molecule has 4 heteroatoms. The van der Waals surface area contributed by atoms with Crippen molar-refractivity contribution >= 4 is 5.69 Å². The van der Waals surface area contributed by atoms with Gasteiger partial charge in [-0.1, -0.05) is 6.07 Å². The van der Waals surface area contributed by atoms with Gasteiger partial charge in [0.2, 0.25) is 0 Å². The van der Waals surface area contributed by atoms with Crippen LogP contribution in [0.15, 0.2) is 18.2 Å². The molecule has 0 saturated carbocycles. The fourth-order valence-corrected chi connectivity index (χ4v) is 2.87. The van der Waals surface area contributed by atoms with Crippen LogP contribution in [0.3, 0.4) is 0 Å². The van der Waals surface area contributed by atoms with Crippen molar-refractivity contribution in [3.63, 3.8) is 0 Å². The molecular weight excluding hydrogens is 255 g/mol. The van der Waals surface area contributed by atoms with Gasteiger partial charge in [0.25, 0.3) is 0 Å². The van der Waals surface area contributed by atoms with Crippen molar-refractivity contribution in [3.05, 3.63) is 29.6 Å². The van der Waals surface area contributed by atoms with Crippen LogP contribution in [0, 0.1) is 5.82 Å². The molecule has 1 aliphatic rings. The highest BCUT2D eigenvalue weighted by molar-refractivity contribution is 5.55. The number of halogens is 1. The first-order valence-corrected chi connectivity index (χ1v) is 7.49. The standard InChI is InChI=1S/C16H25FN2O/c1-4-20-13-8-10-19(11-9-13)15-7-5-6-14(17)16(15)12(2)18-3/h5-7,12-13,18H,4,8-11H2,1-3H3. The van der Waals surface area contributed by atoms with Gasteiger partial charge in [-0.15, -0.1) is 0 Å². The molecule has 1 aromatic carbocycles. The second kappa shape index (κ2) is 7.04. The lowest BCUT2D eigenvalue weighted by Crippen LogP contribution is -2.38. The molecule has 1 atom stereocenters. The molecule has 1 fully saturated rings. The lowest BCUT2D eigenvalue weighted by atomic mass is 10.0. The summed E-state index contributed by atoms with van der Waals surface area (Å²) in [4.78, 5) is 2.28. The Labute approximate surface area is 121 Å². The SMILES string of the molecule is CCOC1CCN(c2cccc(F)c2C(C)NC)CC1. The highest BCUT2D eigenvalue weighted by Crippen LogP contribution is 2.31. The summed E-state index contributed by atoms with van der Waals surface area (Å²) < 4.78 is 19.8. The lowest BCUT2D eigenvalue weighted by Gasteiger charge is -2.35. The topological polar surface area (TPSA) is 24.5 Å². The molecule has 1 heterocycles. The Morgan fingerprint density at radius 3 is 2.70 bits per heavy atom. The smallest absolute Gasteiger partial charge is 0.130 e. The third-order valence-electron chi connectivity index (χ3n) is 4.08. The number of hydrogen-bond acceptors (Lipinski definition) is 3. The van der Waals surface area contributed by atoms with E-state index in [0.717, 1.165) is 43.8 Å². The highest BCUT2D eigenvalue weighted by Gasteiger charge is 2.23. The lowest BCUT2D eigenvalue weighted by molar-refractivity contribution is 0.0459. The number of ether oxygens (including phenoxy) is 1. The zero-order valence-corrected chi connectivity index (χ0v) is 12.7.